The van der Waals surface area contributed by atoms with Crippen molar-refractivity contribution in [2.24, 2.45) is 7.05 Å². The summed E-state index contributed by atoms with van der Waals surface area (Å²) in [7, 11) is 1.90. The molecule has 0 spiro atoms. The topological polar surface area (TPSA) is 59.3 Å². The summed E-state index contributed by atoms with van der Waals surface area (Å²) in [5.74, 6) is 0.487. The molecule has 1 aliphatic carbocycles. The quantitative estimate of drug-likeness (QED) is 0.759. The minimum atomic E-state index is -0.617. The van der Waals surface area contributed by atoms with Crippen LogP contribution in [-0.2, 0) is 11.8 Å². The lowest BCUT2D eigenvalue weighted by Crippen LogP contribution is -2.35. The standard InChI is InChI=1S/C20H28FN3O2/c1-24-11-10-22-20(24)19(15-6-5-7-16(21)12-15)23-13-17(25)14-26-18-8-3-2-4-9-18/h5-7,10-12,17-19,23,25H,2-4,8-9,13-14H2,1H3. The van der Waals surface area contributed by atoms with Crippen LogP contribution in [0.15, 0.2) is 36.7 Å². The highest BCUT2D eigenvalue weighted by atomic mass is 19.1. The van der Waals surface area contributed by atoms with Crippen LogP contribution >= 0.6 is 0 Å². The van der Waals surface area contributed by atoms with Gasteiger partial charge in [0.2, 0.25) is 0 Å². The third-order valence-corrected chi connectivity index (χ3v) is 4.93. The zero-order valence-corrected chi connectivity index (χ0v) is 15.3. The van der Waals surface area contributed by atoms with E-state index in [-0.39, 0.29) is 18.0 Å². The van der Waals surface area contributed by atoms with Gasteiger partial charge in [0, 0.05) is 26.0 Å². The first-order valence-electron chi connectivity index (χ1n) is 9.39. The smallest absolute Gasteiger partial charge is 0.130 e. The number of nitrogens with one attached hydrogen (secondary N) is 1. The maximum absolute atomic E-state index is 13.7. The molecule has 3 rings (SSSR count). The number of aliphatic hydroxyl groups excluding tert-OH is 1. The lowest BCUT2D eigenvalue weighted by atomic mass is 9.98. The highest BCUT2D eigenvalue weighted by Crippen LogP contribution is 2.22. The van der Waals surface area contributed by atoms with Crippen LogP contribution in [-0.4, -0.2) is 40.0 Å². The van der Waals surface area contributed by atoms with Crippen molar-refractivity contribution in [2.45, 2.75) is 50.4 Å². The SMILES string of the molecule is Cn1ccnc1C(NCC(O)COC1CCCCC1)c1cccc(F)c1. The van der Waals surface area contributed by atoms with E-state index in [2.05, 4.69) is 10.3 Å². The van der Waals surface area contributed by atoms with E-state index in [0.29, 0.717) is 13.2 Å². The van der Waals surface area contributed by atoms with E-state index < -0.39 is 6.10 Å². The Balaban J connectivity index is 1.60. The molecule has 2 N–H and O–H groups in total. The number of benzene rings is 1. The molecule has 2 atom stereocenters. The van der Waals surface area contributed by atoms with Gasteiger partial charge in [0.15, 0.2) is 0 Å². The van der Waals surface area contributed by atoms with Gasteiger partial charge in [-0.05, 0) is 30.5 Å². The van der Waals surface area contributed by atoms with Crippen molar-refractivity contribution >= 4 is 0 Å². The van der Waals surface area contributed by atoms with Crippen molar-refractivity contribution in [1.82, 2.24) is 14.9 Å². The van der Waals surface area contributed by atoms with Gasteiger partial charge in [0.1, 0.15) is 11.6 Å². The molecule has 142 valence electrons. The number of imidazole rings is 1. The molecule has 5 nitrogen and oxygen atoms in total. The number of rotatable bonds is 8. The average Bonchev–Trinajstić information content (AvgIpc) is 3.07. The Morgan fingerprint density at radius 2 is 2.15 bits per heavy atom. The molecule has 2 aromatic rings. The Morgan fingerprint density at radius 3 is 2.85 bits per heavy atom. The molecule has 1 fully saturated rings. The molecule has 6 heteroatoms. The van der Waals surface area contributed by atoms with Gasteiger partial charge in [0.25, 0.3) is 0 Å². The summed E-state index contributed by atoms with van der Waals surface area (Å²) in [6.45, 7) is 0.662. The van der Waals surface area contributed by atoms with Crippen molar-refractivity contribution in [3.63, 3.8) is 0 Å². The Hall–Kier alpha value is -1.76. The van der Waals surface area contributed by atoms with Gasteiger partial charge in [-0.3, -0.25) is 0 Å². The Labute approximate surface area is 154 Å². The molecule has 26 heavy (non-hydrogen) atoms. The van der Waals surface area contributed by atoms with Crippen LogP contribution in [0.2, 0.25) is 0 Å². The lowest BCUT2D eigenvalue weighted by Gasteiger charge is -2.25. The van der Waals surface area contributed by atoms with Gasteiger partial charge in [-0.25, -0.2) is 9.37 Å². The highest BCUT2D eigenvalue weighted by Gasteiger charge is 2.21. The van der Waals surface area contributed by atoms with E-state index in [9.17, 15) is 9.50 Å². The van der Waals surface area contributed by atoms with E-state index in [0.717, 1.165) is 24.2 Å². The summed E-state index contributed by atoms with van der Waals surface area (Å²) in [6.07, 6.45) is 9.08. The fraction of sp³-hybridized carbons (Fsp3) is 0.550. The molecule has 1 heterocycles. The monoisotopic (exact) mass is 361 g/mol. The zero-order chi connectivity index (χ0) is 18.4. The van der Waals surface area contributed by atoms with Crippen LogP contribution < -0.4 is 5.32 Å². The number of aliphatic hydroxyl groups is 1. The predicted octanol–water partition coefficient (Wildman–Crippen LogP) is 2.95. The average molecular weight is 361 g/mol. The van der Waals surface area contributed by atoms with Crippen LogP contribution in [0.1, 0.15) is 49.5 Å². The van der Waals surface area contributed by atoms with Gasteiger partial charge < -0.3 is 19.7 Å². The van der Waals surface area contributed by atoms with E-state index in [1.165, 1.54) is 31.4 Å². The summed E-state index contributed by atoms with van der Waals surface area (Å²) >= 11 is 0. The maximum Gasteiger partial charge on any atom is 0.130 e. The molecule has 0 radical (unpaired) electrons. The highest BCUT2D eigenvalue weighted by molar-refractivity contribution is 5.26. The number of hydrogen-bond acceptors (Lipinski definition) is 4. The van der Waals surface area contributed by atoms with Gasteiger partial charge in [-0.1, -0.05) is 31.4 Å². The van der Waals surface area contributed by atoms with Crippen LogP contribution in [0.25, 0.3) is 0 Å². The van der Waals surface area contributed by atoms with Gasteiger partial charge in [-0.2, -0.15) is 0 Å². The fourth-order valence-electron chi connectivity index (χ4n) is 3.49. The van der Waals surface area contributed by atoms with Crippen LogP contribution in [0.3, 0.4) is 0 Å². The second-order valence-electron chi connectivity index (χ2n) is 7.04. The summed E-state index contributed by atoms with van der Waals surface area (Å²) in [6, 6.07) is 6.17. The third-order valence-electron chi connectivity index (χ3n) is 4.93. The largest absolute Gasteiger partial charge is 0.389 e. The first-order chi connectivity index (χ1) is 12.6. The number of aryl methyl sites for hydroxylation is 1. The molecule has 1 aliphatic rings. The van der Waals surface area contributed by atoms with E-state index in [1.54, 1.807) is 12.3 Å². The molecule has 1 aromatic carbocycles. The minimum absolute atomic E-state index is 0.270. The van der Waals surface area contributed by atoms with E-state index in [1.807, 2.05) is 23.9 Å². The molecular formula is C20H28FN3O2. The van der Waals surface area contributed by atoms with Gasteiger partial charge in [-0.15, -0.1) is 0 Å². The molecule has 1 saturated carbocycles. The van der Waals surface area contributed by atoms with Crippen LogP contribution in [0, 0.1) is 5.82 Å². The summed E-state index contributed by atoms with van der Waals surface area (Å²) in [4.78, 5) is 4.38. The molecule has 0 amide bonds. The Kier molecular flexibility index (Phi) is 6.77. The number of ether oxygens (including phenoxy) is 1. The predicted molar refractivity (Wildman–Crippen MR) is 98.3 cm³/mol. The molecule has 0 bridgehead atoms. The number of aromatic nitrogens is 2. The van der Waals surface area contributed by atoms with Gasteiger partial charge >= 0.3 is 0 Å². The first-order valence-corrected chi connectivity index (χ1v) is 9.39. The van der Waals surface area contributed by atoms with Crippen molar-refractivity contribution in [2.75, 3.05) is 13.2 Å². The summed E-state index contributed by atoms with van der Waals surface area (Å²) in [5.41, 5.74) is 0.777. The summed E-state index contributed by atoms with van der Waals surface area (Å²) in [5, 5.41) is 13.6. The fourth-order valence-corrected chi connectivity index (χ4v) is 3.49. The molecule has 0 aliphatic heterocycles. The van der Waals surface area contributed by atoms with Crippen LogP contribution in [0.4, 0.5) is 4.39 Å². The molecular weight excluding hydrogens is 333 g/mol. The second kappa shape index (κ2) is 9.26. The zero-order valence-electron chi connectivity index (χ0n) is 15.3. The van der Waals surface area contributed by atoms with E-state index in [4.69, 9.17) is 4.74 Å². The summed E-state index contributed by atoms with van der Waals surface area (Å²) < 4.78 is 21.4. The molecule has 1 aromatic heterocycles. The second-order valence-corrected chi connectivity index (χ2v) is 7.04. The van der Waals surface area contributed by atoms with Crippen molar-refractivity contribution in [3.05, 3.63) is 53.9 Å². The van der Waals surface area contributed by atoms with Gasteiger partial charge in [0.05, 0.1) is 24.9 Å². The van der Waals surface area contributed by atoms with Crippen LogP contribution in [0.5, 0.6) is 0 Å². The van der Waals surface area contributed by atoms with Crippen molar-refractivity contribution in [3.8, 4) is 0 Å². The lowest BCUT2D eigenvalue weighted by molar-refractivity contribution is -0.0234. The van der Waals surface area contributed by atoms with Crippen molar-refractivity contribution < 1.29 is 14.2 Å². The maximum atomic E-state index is 13.7. The number of halogens is 1. The minimum Gasteiger partial charge on any atom is -0.389 e. The Bertz CT molecular complexity index is 685. The third kappa shape index (κ3) is 5.13. The number of hydrogen-bond donors (Lipinski definition) is 2. The van der Waals surface area contributed by atoms with Crippen molar-refractivity contribution in [1.29, 1.82) is 0 Å². The molecule has 0 saturated heterocycles. The number of nitrogens with zero attached hydrogens (tertiary/aromatic N) is 2. The van der Waals surface area contributed by atoms with E-state index >= 15 is 0 Å². The Morgan fingerprint density at radius 1 is 1.35 bits per heavy atom. The molecule has 2 unspecified atom stereocenters. The normalized spacial score (nSPS) is 18.0. The first kappa shape index (κ1) is 19.0.